The number of aliphatic carboxylic acids is 3. The lowest BCUT2D eigenvalue weighted by Crippen LogP contribution is -2.31. The van der Waals surface area contributed by atoms with Crippen LogP contribution in [0.1, 0.15) is 46.0 Å². The predicted octanol–water partition coefficient (Wildman–Crippen LogP) is -1.28. The van der Waals surface area contributed by atoms with Crippen molar-refractivity contribution in [1.82, 2.24) is 5.32 Å². The van der Waals surface area contributed by atoms with Crippen molar-refractivity contribution in [3.8, 4) is 0 Å². The van der Waals surface area contributed by atoms with E-state index in [0.717, 1.165) is 19.4 Å². The van der Waals surface area contributed by atoms with Gasteiger partial charge >= 0.3 is 17.9 Å². The van der Waals surface area contributed by atoms with E-state index in [2.05, 4.69) is 10.3 Å². The summed E-state index contributed by atoms with van der Waals surface area (Å²) in [6.45, 7) is 5.17. The van der Waals surface area contributed by atoms with Crippen LogP contribution in [0.25, 0.3) is 0 Å². The number of rotatable bonds is 9. The van der Waals surface area contributed by atoms with Gasteiger partial charge in [0, 0.05) is 6.54 Å². The van der Waals surface area contributed by atoms with E-state index in [-0.39, 0.29) is 12.0 Å². The summed E-state index contributed by atoms with van der Waals surface area (Å²) in [6.07, 6.45) is 3.29. The van der Waals surface area contributed by atoms with Gasteiger partial charge in [-0.1, -0.05) is 13.8 Å². The minimum atomic E-state index is -1.00. The van der Waals surface area contributed by atoms with Gasteiger partial charge in [-0.15, -0.1) is 0 Å². The number of hydrogen-bond donors (Lipinski definition) is 8. The molecule has 12 heteroatoms. The Kier molecular flexibility index (Phi) is 16.4. The van der Waals surface area contributed by atoms with Gasteiger partial charge in [-0.05, 0) is 44.6 Å². The molecular weight excluding hydrogens is 384 g/mol. The lowest BCUT2D eigenvalue weighted by atomic mass is 10.1. The van der Waals surface area contributed by atoms with Crippen molar-refractivity contribution < 1.29 is 29.7 Å². The monoisotopic (exact) mass is 420 g/mol. The van der Waals surface area contributed by atoms with Crippen LogP contribution in [0.3, 0.4) is 0 Å². The van der Waals surface area contributed by atoms with Crippen molar-refractivity contribution >= 4 is 23.9 Å². The molecule has 0 amide bonds. The van der Waals surface area contributed by atoms with Crippen molar-refractivity contribution in [3.05, 3.63) is 0 Å². The fourth-order valence-electron chi connectivity index (χ4n) is 2.15. The zero-order valence-corrected chi connectivity index (χ0v) is 17.1. The molecule has 1 heterocycles. The van der Waals surface area contributed by atoms with Crippen molar-refractivity contribution in [2.45, 2.75) is 64.1 Å². The van der Waals surface area contributed by atoms with Crippen LogP contribution in [-0.4, -0.2) is 70.4 Å². The summed E-state index contributed by atoms with van der Waals surface area (Å²) in [6, 6.07) is -1.78. The molecule has 0 radical (unpaired) electrons. The molecule has 0 bridgehead atoms. The highest BCUT2D eigenvalue weighted by Gasteiger charge is 2.20. The van der Waals surface area contributed by atoms with E-state index in [0.29, 0.717) is 31.7 Å². The van der Waals surface area contributed by atoms with Crippen molar-refractivity contribution in [2.24, 2.45) is 33.8 Å². The van der Waals surface area contributed by atoms with Crippen LogP contribution in [0.5, 0.6) is 0 Å². The summed E-state index contributed by atoms with van der Waals surface area (Å²) in [4.78, 5) is 34.1. The highest BCUT2D eigenvalue weighted by molar-refractivity contribution is 5.75. The third-order valence-electron chi connectivity index (χ3n) is 3.69. The molecular formula is C17H36N6O6. The molecule has 0 aromatic heterocycles. The largest absolute Gasteiger partial charge is 0.480 e. The lowest BCUT2D eigenvalue weighted by molar-refractivity contribution is -0.139. The van der Waals surface area contributed by atoms with Crippen molar-refractivity contribution in [3.63, 3.8) is 0 Å². The number of nitrogens with zero attached hydrogens (tertiary/aromatic N) is 1. The number of carbonyl (C=O) groups is 3. The second kappa shape index (κ2) is 16.5. The molecule has 0 aromatic carbocycles. The summed E-state index contributed by atoms with van der Waals surface area (Å²) < 4.78 is 0. The van der Waals surface area contributed by atoms with Gasteiger partial charge < -0.3 is 43.6 Å². The van der Waals surface area contributed by atoms with Crippen LogP contribution in [0.2, 0.25) is 0 Å². The minimum absolute atomic E-state index is 0.0129. The standard InChI is InChI=1S/C6H14N4O2.C6H13NO2.C5H9NO2/c7-4(5(11)12)2-1-3-10-6(8)9;1-4(2)3-5(7)6(8)9;7-5(8)4-2-1-3-6-4/h4H,1-3,7H2,(H,11,12)(H4,8,9,10);4-5H,3,7H2,1-2H3,(H,8,9);4,6H,1-3H2,(H,7,8)/t;;4-/m..0/s1. The first-order valence-corrected chi connectivity index (χ1v) is 9.36. The highest BCUT2D eigenvalue weighted by Crippen LogP contribution is 2.03. The quantitative estimate of drug-likeness (QED) is 0.124. The molecule has 1 saturated heterocycles. The molecule has 1 aliphatic heterocycles. The van der Waals surface area contributed by atoms with Crippen LogP contribution in [0.4, 0.5) is 0 Å². The van der Waals surface area contributed by atoms with E-state index in [1.807, 2.05) is 13.8 Å². The topological polar surface area (TPSA) is 240 Å². The van der Waals surface area contributed by atoms with E-state index < -0.39 is 30.0 Å². The Bertz CT molecular complexity index is 519. The van der Waals surface area contributed by atoms with E-state index in [4.69, 9.17) is 38.3 Å². The Balaban J connectivity index is 0. The highest BCUT2D eigenvalue weighted by atomic mass is 16.4. The lowest BCUT2D eigenvalue weighted by Gasteiger charge is -2.07. The Labute approximate surface area is 170 Å². The summed E-state index contributed by atoms with van der Waals surface area (Å²) >= 11 is 0. The number of carboxylic acids is 3. The van der Waals surface area contributed by atoms with Crippen LogP contribution < -0.4 is 28.3 Å². The van der Waals surface area contributed by atoms with Gasteiger partial charge in [-0.2, -0.15) is 0 Å². The molecule has 1 rings (SSSR count). The number of hydrogen-bond acceptors (Lipinski definition) is 7. The second-order valence-corrected chi connectivity index (χ2v) is 6.96. The maximum Gasteiger partial charge on any atom is 0.320 e. The van der Waals surface area contributed by atoms with Crippen LogP contribution in [-0.2, 0) is 14.4 Å². The van der Waals surface area contributed by atoms with Crippen molar-refractivity contribution in [2.75, 3.05) is 13.1 Å². The van der Waals surface area contributed by atoms with E-state index in [1.54, 1.807) is 0 Å². The Morgan fingerprint density at radius 1 is 1.07 bits per heavy atom. The zero-order chi connectivity index (χ0) is 23.0. The van der Waals surface area contributed by atoms with E-state index in [9.17, 15) is 14.4 Å². The molecule has 12 nitrogen and oxygen atoms in total. The normalized spacial score (nSPS) is 17.1. The van der Waals surface area contributed by atoms with Crippen LogP contribution in [0, 0.1) is 5.92 Å². The molecule has 2 unspecified atom stereocenters. The first kappa shape index (κ1) is 28.8. The third kappa shape index (κ3) is 18.7. The van der Waals surface area contributed by atoms with Gasteiger partial charge in [0.15, 0.2) is 5.96 Å². The number of carboxylic acid groups (broad SMARTS) is 3. The van der Waals surface area contributed by atoms with Gasteiger partial charge in [0.25, 0.3) is 0 Å². The van der Waals surface area contributed by atoms with E-state index >= 15 is 0 Å². The summed E-state index contributed by atoms with van der Waals surface area (Å²) in [5.41, 5.74) is 20.5. The molecule has 0 saturated carbocycles. The molecule has 12 N–H and O–H groups in total. The fourth-order valence-corrected chi connectivity index (χ4v) is 2.15. The number of guanidine groups is 1. The van der Waals surface area contributed by atoms with Gasteiger partial charge in [0.2, 0.25) is 0 Å². The average Bonchev–Trinajstić information content (AvgIpc) is 3.13. The molecule has 0 aromatic rings. The molecule has 170 valence electrons. The summed E-state index contributed by atoms with van der Waals surface area (Å²) in [5, 5.41) is 27.9. The summed E-state index contributed by atoms with van der Waals surface area (Å²) in [5.74, 6) is -2.26. The third-order valence-corrected chi connectivity index (χ3v) is 3.69. The second-order valence-electron chi connectivity index (χ2n) is 6.96. The number of nitrogens with two attached hydrogens (primary N) is 4. The smallest absolute Gasteiger partial charge is 0.320 e. The first-order valence-electron chi connectivity index (χ1n) is 9.36. The molecule has 1 fully saturated rings. The molecule has 29 heavy (non-hydrogen) atoms. The minimum Gasteiger partial charge on any atom is -0.480 e. The maximum atomic E-state index is 10.2. The average molecular weight is 421 g/mol. The molecule has 0 aliphatic carbocycles. The Morgan fingerprint density at radius 3 is 1.90 bits per heavy atom. The SMILES string of the molecule is CC(C)CC(N)C(=O)O.NC(N)=NCCCC(N)C(=O)O.O=C(O)[C@@H]1CCCN1. The van der Waals surface area contributed by atoms with Crippen LogP contribution >= 0.6 is 0 Å². The van der Waals surface area contributed by atoms with Gasteiger partial charge in [0.1, 0.15) is 18.1 Å². The zero-order valence-electron chi connectivity index (χ0n) is 17.1. The number of nitrogens with one attached hydrogen (secondary N) is 1. The van der Waals surface area contributed by atoms with Gasteiger partial charge in [-0.25, -0.2) is 0 Å². The molecule has 0 spiro atoms. The predicted molar refractivity (Wildman–Crippen MR) is 109 cm³/mol. The van der Waals surface area contributed by atoms with E-state index in [1.165, 1.54) is 0 Å². The number of aliphatic imine (C=N–C) groups is 1. The van der Waals surface area contributed by atoms with Crippen LogP contribution in [0.15, 0.2) is 4.99 Å². The fraction of sp³-hybridized carbons (Fsp3) is 0.765. The molecule has 3 atom stereocenters. The van der Waals surface area contributed by atoms with Gasteiger partial charge in [-0.3, -0.25) is 19.4 Å². The Morgan fingerprint density at radius 2 is 1.62 bits per heavy atom. The summed E-state index contributed by atoms with van der Waals surface area (Å²) in [7, 11) is 0. The first-order chi connectivity index (χ1) is 13.4. The molecule has 1 aliphatic rings. The van der Waals surface area contributed by atoms with Crippen molar-refractivity contribution in [1.29, 1.82) is 0 Å². The maximum absolute atomic E-state index is 10.2. The Hall–Kier alpha value is -2.44. The van der Waals surface area contributed by atoms with Gasteiger partial charge in [0.05, 0.1) is 0 Å².